The number of fused-ring (bicyclic) bond motifs is 3. The molecular weight excluding hydrogens is 400 g/mol. The van der Waals surface area contributed by atoms with Crippen LogP contribution < -0.4 is 0 Å². The maximum Gasteiger partial charge on any atom is 0.0543 e. The molecule has 0 spiro atoms. The van der Waals surface area contributed by atoms with Crippen molar-refractivity contribution in [1.29, 1.82) is 0 Å². The average Bonchev–Trinajstić information content (AvgIpc) is 3.13. The zero-order chi connectivity index (χ0) is 22.5. The standard InChI is InChI=1S/C31H34N2/c1-20-14-29-26(25-12-8-9-13-28(25)33(29)24-10-6-5-7-11-24)16-27(20)31-17-22-15-23(18-31)30(3,4)32(19-22)21(31)2/h5-14,16,21-23H,15,17-19H2,1-4H3. The molecule has 4 bridgehead atoms. The lowest BCUT2D eigenvalue weighted by atomic mass is 9.49. The van der Waals surface area contributed by atoms with E-state index in [1.54, 1.807) is 5.56 Å². The molecule has 0 N–H and O–H groups in total. The summed E-state index contributed by atoms with van der Waals surface area (Å²) in [6.07, 6.45) is 4.13. The van der Waals surface area contributed by atoms with Gasteiger partial charge in [-0.1, -0.05) is 36.4 Å². The predicted molar refractivity (Wildman–Crippen MR) is 138 cm³/mol. The third-order valence-corrected chi connectivity index (χ3v) is 9.91. The maximum atomic E-state index is 2.87. The first-order chi connectivity index (χ1) is 15.9. The van der Waals surface area contributed by atoms with Crippen LogP contribution in [0.2, 0.25) is 0 Å². The second-order valence-electron chi connectivity index (χ2n) is 11.7. The largest absolute Gasteiger partial charge is 0.309 e. The monoisotopic (exact) mass is 434 g/mol. The Morgan fingerprint density at radius 3 is 2.42 bits per heavy atom. The molecule has 4 aliphatic rings. The van der Waals surface area contributed by atoms with Crippen molar-refractivity contribution in [2.75, 3.05) is 6.54 Å². The van der Waals surface area contributed by atoms with Crippen LogP contribution in [-0.2, 0) is 5.41 Å². The van der Waals surface area contributed by atoms with E-state index in [9.17, 15) is 0 Å². The fraction of sp³-hybridized carbons (Fsp3) is 0.419. The summed E-state index contributed by atoms with van der Waals surface area (Å²) in [7, 11) is 0. The van der Waals surface area contributed by atoms with Crippen LogP contribution in [0.25, 0.3) is 27.5 Å². The molecule has 2 heteroatoms. The van der Waals surface area contributed by atoms with Crippen molar-refractivity contribution in [2.24, 2.45) is 11.8 Å². The van der Waals surface area contributed by atoms with Gasteiger partial charge in [-0.15, -0.1) is 0 Å². The SMILES string of the molecule is Cc1cc2c(cc1C13CC4CC(C1)C(C)(C)N(C4)C3C)c1ccccc1n2-c1ccccc1. The Balaban J connectivity index is 1.49. The van der Waals surface area contributed by atoms with Crippen LogP contribution in [0.1, 0.15) is 51.2 Å². The molecule has 4 heterocycles. The molecule has 3 aromatic carbocycles. The van der Waals surface area contributed by atoms with Gasteiger partial charge in [-0.25, -0.2) is 0 Å². The first kappa shape index (κ1) is 19.9. The molecule has 0 amide bonds. The molecule has 4 aromatic rings. The van der Waals surface area contributed by atoms with Gasteiger partial charge in [0.1, 0.15) is 0 Å². The Hall–Kier alpha value is -2.58. The van der Waals surface area contributed by atoms with Crippen molar-refractivity contribution in [3.05, 3.63) is 77.9 Å². The van der Waals surface area contributed by atoms with Crippen molar-refractivity contribution in [3.8, 4) is 5.69 Å². The van der Waals surface area contributed by atoms with Crippen LogP contribution >= 0.6 is 0 Å². The smallest absolute Gasteiger partial charge is 0.0543 e. The van der Waals surface area contributed by atoms with E-state index in [0.29, 0.717) is 11.6 Å². The highest BCUT2D eigenvalue weighted by molar-refractivity contribution is 6.09. The minimum atomic E-state index is 0.287. The van der Waals surface area contributed by atoms with E-state index < -0.39 is 0 Å². The van der Waals surface area contributed by atoms with Gasteiger partial charge in [0.2, 0.25) is 0 Å². The predicted octanol–water partition coefficient (Wildman–Crippen LogP) is 7.24. The normalized spacial score (nSPS) is 32.1. The molecule has 168 valence electrons. The second kappa shape index (κ2) is 6.51. The van der Waals surface area contributed by atoms with Crippen molar-refractivity contribution < 1.29 is 0 Å². The highest BCUT2D eigenvalue weighted by Crippen LogP contribution is 2.61. The Morgan fingerprint density at radius 1 is 0.848 bits per heavy atom. The quantitative estimate of drug-likeness (QED) is 0.323. The molecule has 8 rings (SSSR count). The summed E-state index contributed by atoms with van der Waals surface area (Å²) in [6.45, 7) is 11.2. The summed E-state index contributed by atoms with van der Waals surface area (Å²) >= 11 is 0. The van der Waals surface area contributed by atoms with Crippen molar-refractivity contribution in [2.45, 2.75) is 64.0 Å². The van der Waals surface area contributed by atoms with Gasteiger partial charge in [-0.05, 0) is 100 Å². The Kier molecular flexibility index (Phi) is 3.92. The van der Waals surface area contributed by atoms with Gasteiger partial charge < -0.3 is 4.57 Å². The van der Waals surface area contributed by atoms with Gasteiger partial charge in [0.05, 0.1) is 11.0 Å². The molecule has 33 heavy (non-hydrogen) atoms. The van der Waals surface area contributed by atoms with Crippen LogP contribution in [0.15, 0.2) is 66.7 Å². The van der Waals surface area contributed by atoms with Crippen LogP contribution in [-0.4, -0.2) is 27.6 Å². The topological polar surface area (TPSA) is 8.17 Å². The van der Waals surface area contributed by atoms with E-state index in [4.69, 9.17) is 0 Å². The van der Waals surface area contributed by atoms with Gasteiger partial charge in [0.25, 0.3) is 0 Å². The molecule has 2 nitrogen and oxygen atoms in total. The van der Waals surface area contributed by atoms with Crippen LogP contribution in [0.5, 0.6) is 0 Å². The lowest BCUT2D eigenvalue weighted by Gasteiger charge is -2.69. The van der Waals surface area contributed by atoms with Crippen LogP contribution in [0.4, 0.5) is 0 Å². The number of hydrogen-bond donors (Lipinski definition) is 0. The number of nitrogens with zero attached hydrogens (tertiary/aromatic N) is 2. The summed E-state index contributed by atoms with van der Waals surface area (Å²) in [4.78, 5) is 2.87. The number of piperidine rings is 3. The maximum absolute atomic E-state index is 2.87. The first-order valence-corrected chi connectivity index (χ1v) is 12.8. The molecule has 3 aliphatic heterocycles. The molecule has 0 radical (unpaired) electrons. The molecular formula is C31H34N2. The summed E-state index contributed by atoms with van der Waals surface area (Å²) in [5.74, 6) is 1.66. The highest BCUT2D eigenvalue weighted by Gasteiger charge is 2.61. The van der Waals surface area contributed by atoms with Crippen LogP contribution in [0, 0.1) is 18.8 Å². The van der Waals surface area contributed by atoms with Gasteiger partial charge in [0.15, 0.2) is 0 Å². The summed E-state index contributed by atoms with van der Waals surface area (Å²) in [6, 6.07) is 25.5. The molecule has 3 saturated heterocycles. The summed E-state index contributed by atoms with van der Waals surface area (Å²) < 4.78 is 2.46. The van der Waals surface area contributed by atoms with Gasteiger partial charge in [0, 0.05) is 40.0 Å². The zero-order valence-corrected chi connectivity index (χ0v) is 20.3. The van der Waals surface area contributed by atoms with Crippen LogP contribution in [0.3, 0.4) is 0 Å². The Labute approximate surface area is 197 Å². The zero-order valence-electron chi connectivity index (χ0n) is 20.3. The molecule has 1 aliphatic carbocycles. The molecule has 4 fully saturated rings. The number of benzene rings is 3. The van der Waals surface area contributed by atoms with E-state index in [2.05, 4.69) is 104 Å². The van der Waals surface area contributed by atoms with E-state index in [1.807, 2.05) is 0 Å². The van der Waals surface area contributed by atoms with Gasteiger partial charge in [-0.2, -0.15) is 0 Å². The van der Waals surface area contributed by atoms with Gasteiger partial charge in [-0.3, -0.25) is 4.90 Å². The van der Waals surface area contributed by atoms with Crippen molar-refractivity contribution in [1.82, 2.24) is 9.47 Å². The lowest BCUT2D eigenvalue weighted by molar-refractivity contribution is -0.157. The van der Waals surface area contributed by atoms with E-state index in [-0.39, 0.29) is 5.41 Å². The molecule has 5 atom stereocenters. The van der Waals surface area contributed by atoms with Gasteiger partial charge >= 0.3 is 0 Å². The Morgan fingerprint density at radius 2 is 1.61 bits per heavy atom. The molecule has 5 unspecified atom stereocenters. The number of hydrogen-bond acceptors (Lipinski definition) is 1. The number of para-hydroxylation sites is 2. The number of aryl methyl sites for hydroxylation is 1. The van der Waals surface area contributed by atoms with E-state index in [0.717, 1.165) is 11.8 Å². The Bertz CT molecular complexity index is 1390. The second-order valence-corrected chi connectivity index (χ2v) is 11.7. The lowest BCUT2D eigenvalue weighted by Crippen LogP contribution is -2.73. The third-order valence-electron chi connectivity index (χ3n) is 9.91. The number of aromatic nitrogens is 1. The summed E-state index contributed by atoms with van der Waals surface area (Å²) in [5.41, 5.74) is 7.59. The van der Waals surface area contributed by atoms with Crippen molar-refractivity contribution >= 4 is 21.8 Å². The first-order valence-electron chi connectivity index (χ1n) is 12.8. The summed E-state index contributed by atoms with van der Waals surface area (Å²) in [5, 5.41) is 2.78. The third kappa shape index (κ3) is 2.48. The molecule has 1 aromatic heterocycles. The molecule has 1 saturated carbocycles. The van der Waals surface area contributed by atoms with Crippen molar-refractivity contribution in [3.63, 3.8) is 0 Å². The fourth-order valence-corrected chi connectivity index (χ4v) is 8.29. The van der Waals surface area contributed by atoms with E-state index in [1.165, 1.54) is 58.9 Å². The minimum Gasteiger partial charge on any atom is -0.309 e. The average molecular weight is 435 g/mol. The minimum absolute atomic E-state index is 0.287. The fourth-order valence-electron chi connectivity index (χ4n) is 8.29. The highest BCUT2D eigenvalue weighted by atomic mass is 15.3. The number of rotatable bonds is 2. The van der Waals surface area contributed by atoms with E-state index >= 15 is 0 Å².